The van der Waals surface area contributed by atoms with Crippen molar-refractivity contribution in [3.63, 3.8) is 0 Å². The average Bonchev–Trinajstić information content (AvgIpc) is 2.70. The molecule has 1 unspecified atom stereocenters. The summed E-state index contributed by atoms with van der Waals surface area (Å²) in [4.78, 5) is 24.4. The van der Waals surface area contributed by atoms with Crippen LogP contribution in [0.2, 0.25) is 0 Å². The second-order valence-corrected chi connectivity index (χ2v) is 8.43. The van der Waals surface area contributed by atoms with Crippen LogP contribution in [0.1, 0.15) is 35.7 Å². The molecule has 2 aromatic carbocycles. The van der Waals surface area contributed by atoms with Crippen molar-refractivity contribution in [3.05, 3.63) is 65.7 Å². The number of ether oxygens (including phenoxy) is 2. The molecule has 0 aliphatic carbocycles. The predicted molar refractivity (Wildman–Crippen MR) is 111 cm³/mol. The first-order valence-electron chi connectivity index (χ1n) is 8.96. The molecular weight excluding hydrogens is 457 g/mol. The summed E-state index contributed by atoms with van der Waals surface area (Å²) in [5.41, 5.74) is 0.832. The molecule has 1 atom stereocenters. The third-order valence-corrected chi connectivity index (χ3v) is 5.14. The van der Waals surface area contributed by atoms with E-state index in [1.54, 1.807) is 31.2 Å². The van der Waals surface area contributed by atoms with E-state index in [0.29, 0.717) is 11.3 Å². The second kappa shape index (κ2) is 8.84. The molecule has 1 aliphatic rings. The van der Waals surface area contributed by atoms with Gasteiger partial charge >= 0.3 is 11.9 Å². The zero-order valence-corrected chi connectivity index (χ0v) is 17.3. The van der Waals surface area contributed by atoms with Crippen molar-refractivity contribution in [1.82, 2.24) is 5.32 Å². The number of esters is 2. The van der Waals surface area contributed by atoms with E-state index in [-0.39, 0.29) is 15.9 Å². The highest BCUT2D eigenvalue weighted by Gasteiger charge is 2.38. The van der Waals surface area contributed by atoms with E-state index in [1.807, 2.05) is 52.9 Å². The summed E-state index contributed by atoms with van der Waals surface area (Å²) in [7, 11) is 0. The van der Waals surface area contributed by atoms with Crippen molar-refractivity contribution in [2.45, 2.75) is 29.3 Å². The monoisotopic (exact) mass is 479 g/mol. The Morgan fingerprint density at radius 2 is 1.67 bits per heavy atom. The van der Waals surface area contributed by atoms with Crippen LogP contribution < -0.4 is 10.1 Å². The molecular formula is C21H22INO4. The molecule has 142 valence electrons. The SMILES string of the molecule is CC(I)C(=O)Oc1ccc(C(=O)OC2(c3ccccc3)CCNCC2)cc1. The third-order valence-electron chi connectivity index (χ3n) is 4.63. The second-order valence-electron chi connectivity index (χ2n) is 6.56. The van der Waals surface area contributed by atoms with Crippen LogP contribution in [0.25, 0.3) is 0 Å². The van der Waals surface area contributed by atoms with Gasteiger partial charge in [0, 0.05) is 12.8 Å². The molecule has 1 aliphatic heterocycles. The Morgan fingerprint density at radius 3 is 2.26 bits per heavy atom. The molecule has 0 saturated carbocycles. The normalized spacial score (nSPS) is 17.0. The third kappa shape index (κ3) is 4.87. The van der Waals surface area contributed by atoms with Gasteiger partial charge in [-0.05, 0) is 49.8 Å². The van der Waals surface area contributed by atoms with Crippen LogP contribution in [0.4, 0.5) is 0 Å². The van der Waals surface area contributed by atoms with Crippen LogP contribution >= 0.6 is 22.6 Å². The van der Waals surface area contributed by atoms with Crippen LogP contribution in [-0.4, -0.2) is 29.0 Å². The summed E-state index contributed by atoms with van der Waals surface area (Å²) in [6.07, 6.45) is 1.46. The van der Waals surface area contributed by atoms with Crippen molar-refractivity contribution in [2.75, 3.05) is 13.1 Å². The van der Waals surface area contributed by atoms with Crippen LogP contribution in [-0.2, 0) is 15.1 Å². The maximum atomic E-state index is 12.8. The first-order chi connectivity index (χ1) is 13.0. The lowest BCUT2D eigenvalue weighted by Gasteiger charge is -2.37. The van der Waals surface area contributed by atoms with E-state index in [1.165, 1.54) is 0 Å². The van der Waals surface area contributed by atoms with E-state index in [4.69, 9.17) is 9.47 Å². The van der Waals surface area contributed by atoms with Crippen molar-refractivity contribution >= 4 is 34.5 Å². The Labute approximate surface area is 172 Å². The molecule has 5 nitrogen and oxygen atoms in total. The molecule has 2 aromatic rings. The zero-order chi connectivity index (χ0) is 19.3. The molecule has 1 fully saturated rings. The number of nitrogens with one attached hydrogen (secondary N) is 1. The summed E-state index contributed by atoms with van der Waals surface area (Å²) in [6.45, 7) is 3.35. The van der Waals surface area contributed by atoms with Crippen molar-refractivity contribution in [3.8, 4) is 5.75 Å². The van der Waals surface area contributed by atoms with Gasteiger partial charge in [0.15, 0.2) is 0 Å². The maximum absolute atomic E-state index is 12.8. The number of alkyl halides is 1. The highest BCUT2D eigenvalue weighted by atomic mass is 127. The topological polar surface area (TPSA) is 64.6 Å². The summed E-state index contributed by atoms with van der Waals surface area (Å²) in [5, 5.41) is 3.32. The van der Waals surface area contributed by atoms with Gasteiger partial charge in [0.1, 0.15) is 15.3 Å². The Bertz CT molecular complexity index is 784. The predicted octanol–water partition coefficient (Wildman–Crippen LogP) is 3.85. The fourth-order valence-electron chi connectivity index (χ4n) is 3.11. The molecule has 1 N–H and O–H groups in total. The number of rotatable bonds is 5. The molecule has 0 amide bonds. The first-order valence-corrected chi connectivity index (χ1v) is 10.2. The van der Waals surface area contributed by atoms with Crippen molar-refractivity contribution in [1.29, 1.82) is 0 Å². The van der Waals surface area contributed by atoms with Crippen molar-refractivity contribution < 1.29 is 19.1 Å². The van der Waals surface area contributed by atoms with E-state index in [9.17, 15) is 9.59 Å². The molecule has 0 aromatic heterocycles. The van der Waals surface area contributed by atoms with Crippen LogP contribution in [0, 0.1) is 0 Å². The lowest BCUT2D eigenvalue weighted by molar-refractivity contribution is -0.133. The van der Waals surface area contributed by atoms with Gasteiger partial charge in [0.2, 0.25) is 0 Å². The Balaban J connectivity index is 1.75. The molecule has 0 spiro atoms. The molecule has 3 rings (SSSR count). The smallest absolute Gasteiger partial charge is 0.339 e. The largest absolute Gasteiger partial charge is 0.450 e. The van der Waals surface area contributed by atoms with Gasteiger partial charge in [0.25, 0.3) is 0 Å². The van der Waals surface area contributed by atoms with Crippen LogP contribution in [0.3, 0.4) is 0 Å². The standard InChI is InChI=1S/C21H22INO4/c1-15(22)19(24)26-18-9-7-16(8-10-18)20(25)27-21(11-13-23-14-12-21)17-5-3-2-4-6-17/h2-10,15,23H,11-14H2,1H3. The highest BCUT2D eigenvalue weighted by molar-refractivity contribution is 14.1. The maximum Gasteiger partial charge on any atom is 0.339 e. The fraction of sp³-hybridized carbons (Fsp3) is 0.333. The van der Waals surface area contributed by atoms with Gasteiger partial charge in [-0.1, -0.05) is 52.9 Å². The molecule has 1 heterocycles. The minimum absolute atomic E-state index is 0.238. The van der Waals surface area contributed by atoms with E-state index < -0.39 is 5.60 Å². The van der Waals surface area contributed by atoms with Crippen LogP contribution in [0.15, 0.2) is 54.6 Å². The van der Waals surface area contributed by atoms with E-state index >= 15 is 0 Å². The zero-order valence-electron chi connectivity index (χ0n) is 15.1. The number of benzene rings is 2. The van der Waals surface area contributed by atoms with Gasteiger partial charge in [-0.2, -0.15) is 0 Å². The number of hydrogen-bond acceptors (Lipinski definition) is 5. The van der Waals surface area contributed by atoms with E-state index in [2.05, 4.69) is 5.32 Å². The number of halogens is 1. The number of piperidine rings is 1. The van der Waals surface area contributed by atoms with Crippen LogP contribution in [0.5, 0.6) is 5.75 Å². The lowest BCUT2D eigenvalue weighted by atomic mass is 9.84. The van der Waals surface area contributed by atoms with Gasteiger partial charge in [0.05, 0.1) is 5.56 Å². The lowest BCUT2D eigenvalue weighted by Crippen LogP contribution is -2.43. The van der Waals surface area contributed by atoms with Gasteiger partial charge < -0.3 is 14.8 Å². The summed E-state index contributed by atoms with van der Waals surface area (Å²) in [5.74, 6) is -0.274. The summed E-state index contributed by atoms with van der Waals surface area (Å²) < 4.78 is 11.0. The quantitative estimate of drug-likeness (QED) is 0.306. The molecule has 0 bridgehead atoms. The number of carbonyl (C=O) groups excluding carboxylic acids is 2. The van der Waals surface area contributed by atoms with Gasteiger partial charge in [-0.25, -0.2) is 4.79 Å². The molecule has 0 radical (unpaired) electrons. The minimum atomic E-state index is -0.620. The Hall–Kier alpha value is -1.93. The molecule has 1 saturated heterocycles. The fourth-order valence-corrected chi connectivity index (χ4v) is 3.24. The van der Waals surface area contributed by atoms with E-state index in [0.717, 1.165) is 31.5 Å². The Morgan fingerprint density at radius 1 is 1.04 bits per heavy atom. The first kappa shape index (κ1) is 19.8. The molecule has 6 heteroatoms. The van der Waals surface area contributed by atoms with Gasteiger partial charge in [-0.3, -0.25) is 4.79 Å². The highest BCUT2D eigenvalue weighted by Crippen LogP contribution is 2.35. The summed E-state index contributed by atoms with van der Waals surface area (Å²) in [6, 6.07) is 16.4. The number of hydrogen-bond donors (Lipinski definition) is 1. The summed E-state index contributed by atoms with van der Waals surface area (Å²) >= 11 is 2.00. The molecule has 27 heavy (non-hydrogen) atoms. The number of carbonyl (C=O) groups is 2. The minimum Gasteiger partial charge on any atom is -0.450 e. The average molecular weight is 479 g/mol. The van der Waals surface area contributed by atoms with Gasteiger partial charge in [-0.15, -0.1) is 0 Å². The van der Waals surface area contributed by atoms with Crippen molar-refractivity contribution in [2.24, 2.45) is 0 Å². The Kier molecular flexibility index (Phi) is 6.49.